The van der Waals surface area contributed by atoms with Gasteiger partial charge in [-0.1, -0.05) is 24.3 Å². The van der Waals surface area contributed by atoms with Crippen LogP contribution in [0.2, 0.25) is 0 Å². The van der Waals surface area contributed by atoms with E-state index in [0.717, 1.165) is 5.56 Å². The molecule has 0 aliphatic carbocycles. The predicted molar refractivity (Wildman–Crippen MR) is 67.5 cm³/mol. The maximum absolute atomic E-state index is 11.1. The van der Waals surface area contributed by atoms with Crippen molar-refractivity contribution in [2.45, 2.75) is 12.0 Å². The largest absolute Gasteiger partial charge is 0.481 e. The number of rotatable bonds is 7. The Hall–Kier alpha value is -1.43. The van der Waals surface area contributed by atoms with E-state index in [2.05, 4.69) is 0 Å². The summed E-state index contributed by atoms with van der Waals surface area (Å²) in [6.45, 7) is 0.487. The monoisotopic (exact) mass is 253 g/mol. The fraction of sp³-hybridized carbons (Fsp3) is 0.462. The number of carboxylic acids is 1. The molecule has 0 aliphatic heterocycles. The lowest BCUT2D eigenvalue weighted by molar-refractivity contribution is -0.138. The van der Waals surface area contributed by atoms with Gasteiger partial charge >= 0.3 is 5.97 Å². The van der Waals surface area contributed by atoms with Gasteiger partial charge in [-0.05, 0) is 11.1 Å². The van der Waals surface area contributed by atoms with Crippen LogP contribution in [0, 0.1) is 0 Å². The Morgan fingerprint density at radius 2 is 2.06 bits per heavy atom. The van der Waals surface area contributed by atoms with Crippen molar-refractivity contribution in [1.82, 2.24) is 0 Å². The van der Waals surface area contributed by atoms with Gasteiger partial charge in [0.25, 0.3) is 0 Å². The number of aliphatic carboxylic acids is 1. The lowest BCUT2D eigenvalue weighted by atomic mass is 9.96. The van der Waals surface area contributed by atoms with Crippen LogP contribution in [0.15, 0.2) is 24.3 Å². The number of benzene rings is 1. The van der Waals surface area contributed by atoms with Crippen LogP contribution in [0.1, 0.15) is 23.1 Å². The van der Waals surface area contributed by atoms with E-state index in [9.17, 15) is 4.79 Å². The van der Waals surface area contributed by atoms with Crippen LogP contribution in [0.5, 0.6) is 0 Å². The van der Waals surface area contributed by atoms with Crippen molar-refractivity contribution in [3.05, 3.63) is 35.4 Å². The first-order chi connectivity index (χ1) is 8.63. The zero-order chi connectivity index (χ0) is 13.5. The molecule has 18 heavy (non-hydrogen) atoms. The Kier molecular flexibility index (Phi) is 5.77. The van der Waals surface area contributed by atoms with Crippen LogP contribution in [-0.4, -0.2) is 38.4 Å². The van der Waals surface area contributed by atoms with Crippen molar-refractivity contribution in [2.24, 2.45) is 5.73 Å². The number of ether oxygens (including phenoxy) is 2. The lowest BCUT2D eigenvalue weighted by Gasteiger charge is -2.17. The Morgan fingerprint density at radius 1 is 1.39 bits per heavy atom. The standard InChI is InChI=1S/C13H19NO4/c1-17-8-12(18-2)10-5-3-4-9(6-10)11(7-14)13(15)16/h3-6,11-12H,7-8,14H2,1-2H3,(H,15,16). The van der Waals surface area contributed by atoms with Crippen molar-refractivity contribution < 1.29 is 19.4 Å². The average molecular weight is 253 g/mol. The lowest BCUT2D eigenvalue weighted by Crippen LogP contribution is -2.21. The van der Waals surface area contributed by atoms with Crippen molar-refractivity contribution >= 4 is 5.97 Å². The van der Waals surface area contributed by atoms with Crippen molar-refractivity contribution in [3.63, 3.8) is 0 Å². The van der Waals surface area contributed by atoms with Crippen LogP contribution >= 0.6 is 0 Å². The topological polar surface area (TPSA) is 81.8 Å². The molecular weight excluding hydrogens is 234 g/mol. The van der Waals surface area contributed by atoms with E-state index in [-0.39, 0.29) is 12.6 Å². The number of carboxylic acid groups (broad SMARTS) is 1. The van der Waals surface area contributed by atoms with Gasteiger partial charge in [0.2, 0.25) is 0 Å². The van der Waals surface area contributed by atoms with Gasteiger partial charge in [-0.25, -0.2) is 0 Å². The third kappa shape index (κ3) is 3.53. The zero-order valence-electron chi connectivity index (χ0n) is 10.6. The minimum atomic E-state index is -0.921. The van der Waals surface area contributed by atoms with E-state index in [1.807, 2.05) is 6.07 Å². The van der Waals surface area contributed by atoms with Crippen LogP contribution in [0.3, 0.4) is 0 Å². The van der Waals surface area contributed by atoms with E-state index in [1.165, 1.54) is 0 Å². The maximum atomic E-state index is 11.1. The first-order valence-electron chi connectivity index (χ1n) is 5.68. The molecule has 100 valence electrons. The summed E-state index contributed by atoms with van der Waals surface area (Å²) in [5, 5.41) is 9.08. The molecule has 5 nitrogen and oxygen atoms in total. The van der Waals surface area contributed by atoms with Crippen molar-refractivity contribution in [2.75, 3.05) is 27.4 Å². The molecule has 1 rings (SSSR count). The summed E-state index contributed by atoms with van der Waals surface area (Å²) in [6.07, 6.45) is -0.206. The molecule has 0 aromatic heterocycles. The molecule has 0 saturated heterocycles. The highest BCUT2D eigenvalue weighted by Gasteiger charge is 2.19. The van der Waals surface area contributed by atoms with Gasteiger partial charge in [-0.3, -0.25) is 4.79 Å². The van der Waals surface area contributed by atoms with Gasteiger partial charge in [-0.2, -0.15) is 0 Å². The maximum Gasteiger partial charge on any atom is 0.312 e. The Balaban J connectivity index is 3.00. The first kappa shape index (κ1) is 14.6. The highest BCUT2D eigenvalue weighted by atomic mass is 16.5. The second kappa shape index (κ2) is 7.10. The van der Waals surface area contributed by atoms with E-state index >= 15 is 0 Å². The molecule has 0 aliphatic rings. The molecule has 2 atom stereocenters. The van der Waals surface area contributed by atoms with Gasteiger partial charge in [0.1, 0.15) is 6.10 Å². The predicted octanol–water partition coefficient (Wildman–Crippen LogP) is 1.15. The summed E-state index contributed by atoms with van der Waals surface area (Å²) in [5.74, 6) is -1.61. The third-order valence-corrected chi connectivity index (χ3v) is 2.82. The van der Waals surface area contributed by atoms with Crippen LogP contribution in [0.4, 0.5) is 0 Å². The first-order valence-corrected chi connectivity index (χ1v) is 5.68. The normalized spacial score (nSPS) is 14.2. The molecule has 3 N–H and O–H groups in total. The van der Waals surface area contributed by atoms with E-state index < -0.39 is 11.9 Å². The molecule has 5 heteroatoms. The molecule has 0 heterocycles. The van der Waals surface area contributed by atoms with Gasteiger partial charge in [0.15, 0.2) is 0 Å². The van der Waals surface area contributed by atoms with Crippen LogP contribution in [-0.2, 0) is 14.3 Å². The summed E-state index contributed by atoms with van der Waals surface area (Å²) in [7, 11) is 3.18. The van der Waals surface area contributed by atoms with Gasteiger partial charge in [-0.15, -0.1) is 0 Å². The molecule has 2 unspecified atom stereocenters. The fourth-order valence-corrected chi connectivity index (χ4v) is 1.81. The highest BCUT2D eigenvalue weighted by molar-refractivity contribution is 5.76. The average Bonchev–Trinajstić information content (AvgIpc) is 2.36. The summed E-state index contributed by atoms with van der Waals surface area (Å²) in [4.78, 5) is 11.1. The smallest absolute Gasteiger partial charge is 0.312 e. The molecule has 0 bridgehead atoms. The minimum absolute atomic E-state index is 0.0702. The summed E-state index contributed by atoms with van der Waals surface area (Å²) in [5.41, 5.74) is 7.05. The Morgan fingerprint density at radius 3 is 2.56 bits per heavy atom. The van der Waals surface area contributed by atoms with Gasteiger partial charge in [0, 0.05) is 20.8 Å². The summed E-state index contributed by atoms with van der Waals surface area (Å²) in [6, 6.07) is 7.25. The molecular formula is C13H19NO4. The number of nitrogens with two attached hydrogens (primary N) is 1. The second-order valence-electron chi connectivity index (χ2n) is 3.98. The zero-order valence-corrected chi connectivity index (χ0v) is 10.6. The van der Waals surface area contributed by atoms with Crippen LogP contribution in [0.25, 0.3) is 0 Å². The number of carbonyl (C=O) groups is 1. The molecule has 0 radical (unpaired) electrons. The molecule has 1 aromatic carbocycles. The molecule has 0 amide bonds. The van der Waals surface area contributed by atoms with Crippen molar-refractivity contribution in [3.8, 4) is 0 Å². The number of methoxy groups -OCH3 is 2. The van der Waals surface area contributed by atoms with Gasteiger partial charge in [0.05, 0.1) is 12.5 Å². The second-order valence-corrected chi connectivity index (χ2v) is 3.98. The number of hydrogen-bond acceptors (Lipinski definition) is 4. The quantitative estimate of drug-likeness (QED) is 0.761. The van der Waals surface area contributed by atoms with E-state index in [4.69, 9.17) is 20.3 Å². The van der Waals surface area contributed by atoms with Gasteiger partial charge < -0.3 is 20.3 Å². The van der Waals surface area contributed by atoms with E-state index in [1.54, 1.807) is 32.4 Å². The Bertz CT molecular complexity index is 394. The SMILES string of the molecule is COCC(OC)c1cccc(C(CN)C(=O)O)c1. The van der Waals surface area contributed by atoms with Crippen LogP contribution < -0.4 is 5.73 Å². The highest BCUT2D eigenvalue weighted by Crippen LogP contribution is 2.22. The molecule has 1 aromatic rings. The third-order valence-electron chi connectivity index (χ3n) is 2.82. The summed E-state index contributed by atoms with van der Waals surface area (Å²) < 4.78 is 10.4. The molecule has 0 saturated carbocycles. The minimum Gasteiger partial charge on any atom is -0.481 e. The Labute approximate surface area is 107 Å². The number of hydrogen-bond donors (Lipinski definition) is 2. The summed E-state index contributed by atoms with van der Waals surface area (Å²) >= 11 is 0. The molecule has 0 spiro atoms. The molecule has 0 fully saturated rings. The van der Waals surface area contributed by atoms with Crippen molar-refractivity contribution in [1.29, 1.82) is 0 Å². The van der Waals surface area contributed by atoms with E-state index in [0.29, 0.717) is 12.2 Å². The fourth-order valence-electron chi connectivity index (χ4n) is 1.81.